The molecule has 4 heteroatoms. The third-order valence-corrected chi connectivity index (χ3v) is 4.68. The predicted octanol–water partition coefficient (Wildman–Crippen LogP) is 5.56. The average Bonchev–Trinajstić information content (AvgIpc) is 3.20. The lowest BCUT2D eigenvalue weighted by Gasteiger charge is -2.03. The van der Waals surface area contributed by atoms with E-state index in [1.807, 2.05) is 24.3 Å². The zero-order valence-corrected chi connectivity index (χ0v) is 14.6. The summed E-state index contributed by atoms with van der Waals surface area (Å²) in [5.41, 5.74) is 5.81. The molecule has 1 heterocycles. The summed E-state index contributed by atoms with van der Waals surface area (Å²) in [4.78, 5) is 21.1. The molecule has 0 radical (unpaired) electrons. The van der Waals surface area contributed by atoms with Gasteiger partial charge in [-0.1, -0.05) is 78.9 Å². The molecular weight excluding hydrogens is 342 g/mol. The van der Waals surface area contributed by atoms with Crippen molar-refractivity contribution in [3.63, 3.8) is 0 Å². The van der Waals surface area contributed by atoms with Crippen LogP contribution in [0.2, 0.25) is 0 Å². The number of hydrogen-bond acceptors (Lipinski definition) is 4. The zero-order chi connectivity index (χ0) is 18.2. The van der Waals surface area contributed by atoms with Gasteiger partial charge in [-0.15, -0.1) is 11.3 Å². The Bertz CT molecular complexity index is 1000. The molecule has 3 aromatic carbocycles. The maximum absolute atomic E-state index is 8.12. The van der Waals surface area contributed by atoms with Crippen molar-refractivity contribution in [2.75, 3.05) is 0 Å². The maximum Gasteiger partial charge on any atom is 0.373 e. The Hall–Kier alpha value is -3.33. The molecule has 1 aromatic heterocycles. The molecule has 0 amide bonds. The van der Waals surface area contributed by atoms with Crippen LogP contribution in [0, 0.1) is 0 Å². The van der Waals surface area contributed by atoms with Gasteiger partial charge in [0, 0.05) is 16.5 Å². The molecule has 4 rings (SSSR count). The van der Waals surface area contributed by atoms with Gasteiger partial charge in [0.2, 0.25) is 0 Å². The van der Waals surface area contributed by atoms with Crippen molar-refractivity contribution >= 4 is 17.5 Å². The van der Waals surface area contributed by atoms with Gasteiger partial charge in [-0.25, -0.2) is 4.98 Å². The number of carbonyl (C=O) groups excluding carboxylic acids is 2. The summed E-state index contributed by atoms with van der Waals surface area (Å²) >= 11 is 1.69. The smallest absolute Gasteiger partial charge is 0.236 e. The highest BCUT2D eigenvalue weighted by Crippen LogP contribution is 2.30. The molecular formula is C22H15NO2S. The Morgan fingerprint density at radius 1 is 0.654 bits per heavy atom. The van der Waals surface area contributed by atoms with E-state index < -0.39 is 0 Å². The Morgan fingerprint density at radius 2 is 1.19 bits per heavy atom. The largest absolute Gasteiger partial charge is 0.373 e. The number of hydrogen-bond donors (Lipinski definition) is 0. The first kappa shape index (κ1) is 17.5. The SMILES string of the molecule is O=C=O.c1ccc(-c2cccc(-c3csc(-c4ccccc4)n3)c2)cc1. The van der Waals surface area contributed by atoms with E-state index in [0.29, 0.717) is 0 Å². The summed E-state index contributed by atoms with van der Waals surface area (Å²) in [6.45, 7) is 0. The van der Waals surface area contributed by atoms with Crippen molar-refractivity contribution in [1.82, 2.24) is 4.98 Å². The second-order valence-corrected chi connectivity index (χ2v) is 6.29. The van der Waals surface area contributed by atoms with Crippen LogP contribution in [0.5, 0.6) is 0 Å². The van der Waals surface area contributed by atoms with E-state index in [0.717, 1.165) is 16.3 Å². The molecule has 0 atom stereocenters. The lowest BCUT2D eigenvalue weighted by atomic mass is 10.0. The second kappa shape index (κ2) is 8.67. The van der Waals surface area contributed by atoms with Crippen LogP contribution in [0.15, 0.2) is 90.3 Å². The summed E-state index contributed by atoms with van der Waals surface area (Å²) in [7, 11) is 0. The first-order valence-electron chi connectivity index (χ1n) is 7.98. The van der Waals surface area contributed by atoms with E-state index in [9.17, 15) is 0 Å². The van der Waals surface area contributed by atoms with Gasteiger partial charge >= 0.3 is 6.15 Å². The average molecular weight is 357 g/mol. The first-order chi connectivity index (χ1) is 12.8. The highest BCUT2D eigenvalue weighted by Gasteiger charge is 2.07. The molecule has 0 aliphatic heterocycles. The first-order valence-corrected chi connectivity index (χ1v) is 8.86. The molecule has 3 nitrogen and oxygen atoms in total. The topological polar surface area (TPSA) is 47.0 Å². The van der Waals surface area contributed by atoms with Crippen molar-refractivity contribution in [3.8, 4) is 33.0 Å². The number of benzene rings is 3. The fourth-order valence-electron chi connectivity index (χ4n) is 2.61. The van der Waals surface area contributed by atoms with Crippen LogP contribution in [0.25, 0.3) is 33.0 Å². The maximum atomic E-state index is 8.12. The van der Waals surface area contributed by atoms with Crippen molar-refractivity contribution in [2.45, 2.75) is 0 Å². The van der Waals surface area contributed by atoms with Crippen LogP contribution in [0.1, 0.15) is 0 Å². The van der Waals surface area contributed by atoms with Crippen LogP contribution >= 0.6 is 11.3 Å². The second-order valence-electron chi connectivity index (χ2n) is 5.43. The Morgan fingerprint density at radius 3 is 1.85 bits per heavy atom. The fraction of sp³-hybridized carbons (Fsp3) is 0. The summed E-state index contributed by atoms with van der Waals surface area (Å²) in [5, 5.41) is 3.19. The van der Waals surface area contributed by atoms with Crippen molar-refractivity contribution < 1.29 is 9.59 Å². The minimum atomic E-state index is 0.250. The molecule has 4 aromatic rings. The lowest BCUT2D eigenvalue weighted by Crippen LogP contribution is -1.82. The number of nitrogens with zero attached hydrogens (tertiary/aromatic N) is 1. The Kier molecular flexibility index (Phi) is 5.84. The number of rotatable bonds is 3. The molecule has 0 aliphatic carbocycles. The van der Waals surface area contributed by atoms with Gasteiger partial charge < -0.3 is 0 Å². The molecule has 0 saturated heterocycles. The standard InChI is InChI=1S/C21H15NS.CO2/c1-3-8-16(9-4-1)18-12-7-13-19(14-18)20-15-23-21(22-20)17-10-5-2-6-11-17;2-1-3/h1-15H;. The predicted molar refractivity (Wildman–Crippen MR) is 103 cm³/mol. The highest BCUT2D eigenvalue weighted by molar-refractivity contribution is 7.13. The summed E-state index contributed by atoms with van der Waals surface area (Å²) in [5.74, 6) is 0. The number of aromatic nitrogens is 1. The van der Waals surface area contributed by atoms with Gasteiger partial charge in [-0.05, 0) is 17.2 Å². The van der Waals surface area contributed by atoms with Crippen LogP contribution < -0.4 is 0 Å². The molecule has 0 aliphatic rings. The molecule has 0 spiro atoms. The molecule has 0 N–H and O–H groups in total. The molecule has 0 bridgehead atoms. The van der Waals surface area contributed by atoms with E-state index in [-0.39, 0.29) is 6.15 Å². The number of thiazole rings is 1. The minimum absolute atomic E-state index is 0.250. The Labute approximate surface area is 155 Å². The monoisotopic (exact) mass is 357 g/mol. The van der Waals surface area contributed by atoms with Gasteiger partial charge in [0.25, 0.3) is 0 Å². The van der Waals surface area contributed by atoms with Crippen LogP contribution in [-0.2, 0) is 9.59 Å². The third kappa shape index (κ3) is 4.19. The van der Waals surface area contributed by atoms with Gasteiger partial charge in [0.05, 0.1) is 5.69 Å². The van der Waals surface area contributed by atoms with Crippen LogP contribution in [0.3, 0.4) is 0 Å². The fourth-order valence-corrected chi connectivity index (χ4v) is 3.44. The van der Waals surface area contributed by atoms with Crippen LogP contribution in [-0.4, -0.2) is 11.1 Å². The summed E-state index contributed by atoms with van der Waals surface area (Å²) in [6.07, 6.45) is 0.250. The molecule has 0 fully saturated rings. The van der Waals surface area contributed by atoms with E-state index in [1.165, 1.54) is 16.7 Å². The van der Waals surface area contributed by atoms with Crippen LogP contribution in [0.4, 0.5) is 0 Å². The minimum Gasteiger partial charge on any atom is -0.236 e. The summed E-state index contributed by atoms with van der Waals surface area (Å²) in [6, 6.07) is 29.3. The molecule has 26 heavy (non-hydrogen) atoms. The zero-order valence-electron chi connectivity index (χ0n) is 13.8. The van der Waals surface area contributed by atoms with E-state index in [2.05, 4.69) is 66.0 Å². The van der Waals surface area contributed by atoms with Gasteiger partial charge in [-0.2, -0.15) is 9.59 Å². The quantitative estimate of drug-likeness (QED) is 0.482. The summed E-state index contributed by atoms with van der Waals surface area (Å²) < 4.78 is 0. The van der Waals surface area contributed by atoms with Gasteiger partial charge in [0.1, 0.15) is 5.01 Å². The molecule has 0 unspecified atom stereocenters. The van der Waals surface area contributed by atoms with Gasteiger partial charge in [0.15, 0.2) is 0 Å². The van der Waals surface area contributed by atoms with Crippen molar-refractivity contribution in [1.29, 1.82) is 0 Å². The Balaban J connectivity index is 0.000000613. The highest BCUT2D eigenvalue weighted by atomic mass is 32.1. The molecule has 0 saturated carbocycles. The van der Waals surface area contributed by atoms with Crippen molar-refractivity contribution in [2.24, 2.45) is 0 Å². The third-order valence-electron chi connectivity index (χ3n) is 3.79. The van der Waals surface area contributed by atoms with Crippen molar-refractivity contribution in [3.05, 3.63) is 90.3 Å². The van der Waals surface area contributed by atoms with E-state index in [4.69, 9.17) is 14.6 Å². The van der Waals surface area contributed by atoms with E-state index >= 15 is 0 Å². The van der Waals surface area contributed by atoms with E-state index in [1.54, 1.807) is 11.3 Å². The van der Waals surface area contributed by atoms with Gasteiger partial charge in [-0.3, -0.25) is 0 Å². The molecule has 126 valence electrons. The normalized spacial score (nSPS) is 9.69. The lowest BCUT2D eigenvalue weighted by molar-refractivity contribution is -0.191.